The van der Waals surface area contributed by atoms with Gasteiger partial charge in [0.2, 0.25) is 5.91 Å². The van der Waals surface area contributed by atoms with E-state index in [9.17, 15) is 9.59 Å². The summed E-state index contributed by atoms with van der Waals surface area (Å²) < 4.78 is 16.5. The Morgan fingerprint density at radius 3 is 2.47 bits per heavy atom. The van der Waals surface area contributed by atoms with Crippen molar-refractivity contribution in [1.29, 1.82) is 0 Å². The predicted octanol–water partition coefficient (Wildman–Crippen LogP) is 5.27. The van der Waals surface area contributed by atoms with Crippen molar-refractivity contribution < 1.29 is 23.8 Å². The van der Waals surface area contributed by atoms with Gasteiger partial charge in [-0.2, -0.15) is 0 Å². The molecule has 0 bridgehead atoms. The third-order valence-corrected chi connectivity index (χ3v) is 5.84. The van der Waals surface area contributed by atoms with Crippen LogP contribution in [0, 0.1) is 0 Å². The molecule has 1 aliphatic rings. The van der Waals surface area contributed by atoms with Crippen LogP contribution in [0.1, 0.15) is 30.9 Å². The van der Waals surface area contributed by atoms with Gasteiger partial charge in [-0.3, -0.25) is 9.59 Å². The molecular formula is C29H30N2O5. The molecule has 3 aromatic carbocycles. The normalized spacial score (nSPS) is 12.9. The zero-order chi connectivity index (χ0) is 25.5. The Hall–Kier alpha value is -4.26. The fourth-order valence-corrected chi connectivity index (χ4v) is 3.80. The molecule has 0 saturated heterocycles. The summed E-state index contributed by atoms with van der Waals surface area (Å²) in [5.74, 6) is 2.03. The molecule has 0 atom stereocenters. The number of methoxy groups -OCH3 is 1. The van der Waals surface area contributed by atoms with E-state index in [1.54, 1.807) is 36.3 Å². The number of rotatable bonds is 9. The van der Waals surface area contributed by atoms with Crippen molar-refractivity contribution in [1.82, 2.24) is 0 Å². The quantitative estimate of drug-likeness (QED) is 0.417. The first-order chi connectivity index (χ1) is 17.4. The fraction of sp³-hybridized carbons (Fsp3) is 0.241. The molecule has 7 heteroatoms. The standard InChI is InChI=1S/C29H30N2O5/c1-20(2)22-7-4-21(5-8-22)6-15-28(32)30-23-9-14-27-26(18-23)31(29(33)19-36-27)16-17-35-25-12-10-24(34-3)11-13-25/h4-15,18,20H,16-17,19H2,1-3H3,(H,30,32)/b15-6+. The van der Waals surface area contributed by atoms with Crippen LogP contribution >= 0.6 is 0 Å². The summed E-state index contributed by atoms with van der Waals surface area (Å²) in [6.07, 6.45) is 3.26. The lowest BCUT2D eigenvalue weighted by Gasteiger charge is -2.29. The molecule has 4 rings (SSSR count). The minimum absolute atomic E-state index is 0.0421. The molecule has 2 amide bonds. The molecule has 0 fully saturated rings. The minimum atomic E-state index is -0.264. The maximum Gasteiger partial charge on any atom is 0.265 e. The molecule has 0 aromatic heterocycles. The van der Waals surface area contributed by atoms with Crippen molar-refractivity contribution >= 4 is 29.3 Å². The fourth-order valence-electron chi connectivity index (χ4n) is 3.80. The lowest BCUT2D eigenvalue weighted by Crippen LogP contribution is -2.41. The number of ether oxygens (including phenoxy) is 3. The summed E-state index contributed by atoms with van der Waals surface area (Å²) in [4.78, 5) is 26.7. The van der Waals surface area contributed by atoms with Gasteiger partial charge in [0.25, 0.3) is 5.91 Å². The van der Waals surface area contributed by atoms with E-state index in [0.717, 1.165) is 11.3 Å². The van der Waals surface area contributed by atoms with Crippen LogP contribution in [0.3, 0.4) is 0 Å². The average molecular weight is 487 g/mol. The first-order valence-electron chi connectivity index (χ1n) is 11.9. The van der Waals surface area contributed by atoms with E-state index in [0.29, 0.717) is 41.9 Å². The maximum atomic E-state index is 12.6. The molecule has 1 heterocycles. The van der Waals surface area contributed by atoms with E-state index < -0.39 is 0 Å². The Balaban J connectivity index is 1.39. The van der Waals surface area contributed by atoms with Gasteiger partial charge in [0.05, 0.1) is 19.3 Å². The third kappa shape index (κ3) is 6.24. The van der Waals surface area contributed by atoms with E-state index in [-0.39, 0.29) is 18.4 Å². The van der Waals surface area contributed by atoms with Crippen LogP contribution in [-0.4, -0.2) is 38.7 Å². The van der Waals surface area contributed by atoms with Crippen molar-refractivity contribution in [2.24, 2.45) is 0 Å². The maximum absolute atomic E-state index is 12.6. The third-order valence-electron chi connectivity index (χ3n) is 5.84. The highest BCUT2D eigenvalue weighted by atomic mass is 16.5. The molecule has 7 nitrogen and oxygen atoms in total. The van der Waals surface area contributed by atoms with Crippen LogP contribution in [0.4, 0.5) is 11.4 Å². The second-order valence-corrected chi connectivity index (χ2v) is 8.68. The number of hydrogen-bond donors (Lipinski definition) is 1. The van der Waals surface area contributed by atoms with E-state index in [4.69, 9.17) is 14.2 Å². The van der Waals surface area contributed by atoms with Crippen molar-refractivity contribution in [3.05, 3.63) is 83.9 Å². The van der Waals surface area contributed by atoms with E-state index in [1.807, 2.05) is 36.4 Å². The highest BCUT2D eigenvalue weighted by molar-refractivity contribution is 6.03. The van der Waals surface area contributed by atoms with Gasteiger partial charge in [0.1, 0.15) is 23.9 Å². The summed E-state index contributed by atoms with van der Waals surface area (Å²) in [5.41, 5.74) is 3.36. The van der Waals surface area contributed by atoms with Gasteiger partial charge in [0, 0.05) is 11.8 Å². The summed E-state index contributed by atoms with van der Waals surface area (Å²) in [6, 6.07) is 20.6. The van der Waals surface area contributed by atoms with Crippen LogP contribution in [0.25, 0.3) is 6.08 Å². The number of carbonyl (C=O) groups excluding carboxylic acids is 2. The summed E-state index contributed by atoms with van der Waals surface area (Å²) in [7, 11) is 1.61. The molecule has 1 N–H and O–H groups in total. The molecule has 0 spiro atoms. The van der Waals surface area contributed by atoms with E-state index in [2.05, 4.69) is 31.3 Å². The van der Waals surface area contributed by atoms with Gasteiger partial charge >= 0.3 is 0 Å². The first kappa shape index (κ1) is 24.9. The molecular weight excluding hydrogens is 456 g/mol. The zero-order valence-electron chi connectivity index (χ0n) is 20.7. The minimum Gasteiger partial charge on any atom is -0.497 e. The zero-order valence-corrected chi connectivity index (χ0v) is 20.7. The molecule has 186 valence electrons. The summed E-state index contributed by atoms with van der Waals surface area (Å²) in [5, 5.41) is 2.86. The second kappa shape index (κ2) is 11.4. The Morgan fingerprint density at radius 2 is 1.78 bits per heavy atom. The Kier molecular flexibility index (Phi) is 7.90. The smallest absolute Gasteiger partial charge is 0.265 e. The summed E-state index contributed by atoms with van der Waals surface area (Å²) >= 11 is 0. The molecule has 0 radical (unpaired) electrons. The second-order valence-electron chi connectivity index (χ2n) is 8.68. The topological polar surface area (TPSA) is 77.1 Å². The van der Waals surface area contributed by atoms with Gasteiger partial charge in [-0.15, -0.1) is 0 Å². The number of amides is 2. The first-order valence-corrected chi connectivity index (χ1v) is 11.9. The molecule has 1 aliphatic heterocycles. The molecule has 0 unspecified atom stereocenters. The number of fused-ring (bicyclic) bond motifs is 1. The van der Waals surface area contributed by atoms with Crippen LogP contribution in [0.2, 0.25) is 0 Å². The van der Waals surface area contributed by atoms with Crippen LogP contribution in [-0.2, 0) is 9.59 Å². The van der Waals surface area contributed by atoms with Gasteiger partial charge < -0.3 is 24.4 Å². The monoisotopic (exact) mass is 486 g/mol. The van der Waals surface area contributed by atoms with Crippen molar-refractivity contribution in [2.45, 2.75) is 19.8 Å². The Labute approximate surface area is 211 Å². The van der Waals surface area contributed by atoms with Crippen LogP contribution in [0.5, 0.6) is 17.2 Å². The van der Waals surface area contributed by atoms with Crippen LogP contribution < -0.4 is 24.4 Å². The Bertz CT molecular complexity index is 1230. The lowest BCUT2D eigenvalue weighted by atomic mass is 10.0. The number of anilines is 2. The highest BCUT2D eigenvalue weighted by Crippen LogP contribution is 2.34. The van der Waals surface area contributed by atoms with Crippen molar-refractivity contribution in [3.8, 4) is 17.2 Å². The molecule has 36 heavy (non-hydrogen) atoms. The lowest BCUT2D eigenvalue weighted by molar-refractivity contribution is -0.121. The number of nitrogens with one attached hydrogen (secondary N) is 1. The molecule has 3 aromatic rings. The van der Waals surface area contributed by atoms with Gasteiger partial charge in [-0.25, -0.2) is 0 Å². The van der Waals surface area contributed by atoms with Gasteiger partial charge in [0.15, 0.2) is 6.61 Å². The number of benzene rings is 3. The summed E-state index contributed by atoms with van der Waals surface area (Å²) in [6.45, 7) is 4.88. The number of hydrogen-bond acceptors (Lipinski definition) is 5. The van der Waals surface area contributed by atoms with Gasteiger partial charge in [-0.05, 0) is 65.6 Å². The van der Waals surface area contributed by atoms with E-state index >= 15 is 0 Å². The molecule has 0 saturated carbocycles. The highest BCUT2D eigenvalue weighted by Gasteiger charge is 2.26. The number of nitrogens with zero attached hydrogens (tertiary/aromatic N) is 1. The predicted molar refractivity (Wildman–Crippen MR) is 141 cm³/mol. The van der Waals surface area contributed by atoms with Crippen LogP contribution in [0.15, 0.2) is 72.8 Å². The van der Waals surface area contributed by atoms with Crippen molar-refractivity contribution in [2.75, 3.05) is 37.1 Å². The SMILES string of the molecule is COc1ccc(OCCN2C(=O)COc3ccc(NC(=O)/C=C/c4ccc(C(C)C)cc4)cc32)cc1. The van der Waals surface area contributed by atoms with Gasteiger partial charge in [-0.1, -0.05) is 38.1 Å². The average Bonchev–Trinajstić information content (AvgIpc) is 2.89. The van der Waals surface area contributed by atoms with E-state index in [1.165, 1.54) is 11.6 Å². The largest absolute Gasteiger partial charge is 0.497 e. The Morgan fingerprint density at radius 1 is 1.06 bits per heavy atom. The number of carbonyl (C=O) groups is 2. The van der Waals surface area contributed by atoms with Crippen molar-refractivity contribution in [3.63, 3.8) is 0 Å². The molecule has 0 aliphatic carbocycles.